The first kappa shape index (κ1) is 55.6. The van der Waals surface area contributed by atoms with Crippen molar-refractivity contribution in [3.05, 3.63) is 85.1 Å². The van der Waals surface area contributed by atoms with E-state index in [1.807, 2.05) is 48.6 Å². The predicted octanol–water partition coefficient (Wildman–Crippen LogP) is 15.6. The Morgan fingerprint density at radius 1 is 0.356 bits per heavy atom. The average Bonchev–Trinajstić information content (AvgIpc) is 3.23. The molecule has 0 saturated carbocycles. The highest BCUT2D eigenvalue weighted by atomic mass is 16.6. The van der Waals surface area contributed by atoms with Gasteiger partial charge in [0.1, 0.15) is 13.2 Å². The van der Waals surface area contributed by atoms with Crippen molar-refractivity contribution in [2.45, 2.75) is 219 Å². The summed E-state index contributed by atoms with van der Waals surface area (Å²) < 4.78 is 16.7. The molecule has 0 bridgehead atoms. The molecule has 0 aliphatic carbocycles. The second-order valence-corrected chi connectivity index (χ2v) is 15.8. The Bertz CT molecular complexity index is 1170. The van der Waals surface area contributed by atoms with E-state index >= 15 is 0 Å². The van der Waals surface area contributed by atoms with E-state index < -0.39 is 6.10 Å². The van der Waals surface area contributed by atoms with Gasteiger partial charge in [0.15, 0.2) is 6.10 Å². The van der Waals surface area contributed by atoms with Crippen LogP contribution in [-0.2, 0) is 28.6 Å². The molecule has 0 heterocycles. The lowest BCUT2D eigenvalue weighted by molar-refractivity contribution is -0.167. The Morgan fingerprint density at radius 3 is 1.15 bits per heavy atom. The van der Waals surface area contributed by atoms with Crippen molar-refractivity contribution < 1.29 is 28.6 Å². The zero-order chi connectivity index (χ0) is 43.0. The zero-order valence-corrected chi connectivity index (χ0v) is 38.2. The van der Waals surface area contributed by atoms with E-state index in [0.717, 1.165) is 83.5 Å². The highest BCUT2D eigenvalue weighted by Crippen LogP contribution is 2.13. The van der Waals surface area contributed by atoms with Crippen LogP contribution in [-0.4, -0.2) is 37.2 Å². The van der Waals surface area contributed by atoms with Crippen molar-refractivity contribution in [3.8, 4) is 0 Å². The minimum atomic E-state index is -0.798. The lowest BCUT2D eigenvalue weighted by Gasteiger charge is -2.18. The number of esters is 3. The Labute approximate surface area is 363 Å². The van der Waals surface area contributed by atoms with Crippen molar-refractivity contribution in [3.63, 3.8) is 0 Å². The van der Waals surface area contributed by atoms with Crippen LogP contribution in [0.25, 0.3) is 0 Å². The summed E-state index contributed by atoms with van der Waals surface area (Å²) in [4.78, 5) is 37.8. The summed E-state index contributed by atoms with van der Waals surface area (Å²) in [5, 5.41) is 0. The van der Waals surface area contributed by atoms with Crippen molar-refractivity contribution in [2.75, 3.05) is 13.2 Å². The summed E-state index contributed by atoms with van der Waals surface area (Å²) in [6, 6.07) is 0. The van der Waals surface area contributed by atoms with E-state index in [-0.39, 0.29) is 31.1 Å². The van der Waals surface area contributed by atoms with E-state index in [1.165, 1.54) is 89.9 Å². The van der Waals surface area contributed by atoms with Crippen LogP contribution in [0.2, 0.25) is 0 Å². The van der Waals surface area contributed by atoms with Gasteiger partial charge in [0, 0.05) is 19.3 Å². The molecule has 0 aromatic carbocycles. The van der Waals surface area contributed by atoms with E-state index in [2.05, 4.69) is 57.2 Å². The van der Waals surface area contributed by atoms with Crippen molar-refractivity contribution in [1.82, 2.24) is 0 Å². The smallest absolute Gasteiger partial charge is 0.306 e. The third-order valence-electron chi connectivity index (χ3n) is 9.98. The van der Waals surface area contributed by atoms with Gasteiger partial charge in [-0.3, -0.25) is 14.4 Å². The molecule has 0 aromatic rings. The molecular weight excluding hydrogens is 733 g/mol. The largest absolute Gasteiger partial charge is 0.462 e. The van der Waals surface area contributed by atoms with Gasteiger partial charge in [0.25, 0.3) is 0 Å². The molecule has 0 amide bonds. The molecule has 0 saturated heterocycles. The molecule has 0 aromatic heterocycles. The number of carbonyl (C=O) groups excluding carboxylic acids is 3. The van der Waals surface area contributed by atoms with Crippen molar-refractivity contribution in [2.24, 2.45) is 0 Å². The van der Waals surface area contributed by atoms with Crippen LogP contribution in [0.1, 0.15) is 213 Å². The molecule has 1 unspecified atom stereocenters. The maximum Gasteiger partial charge on any atom is 0.306 e. The highest BCUT2D eigenvalue weighted by molar-refractivity contribution is 5.71. The Hall–Kier alpha value is -3.41. The third-order valence-corrected chi connectivity index (χ3v) is 9.98. The molecule has 0 spiro atoms. The Kier molecular flexibility index (Phi) is 44.5. The third kappa shape index (κ3) is 45.5. The van der Waals surface area contributed by atoms with Crippen LogP contribution < -0.4 is 0 Å². The molecule has 6 nitrogen and oxygen atoms in total. The zero-order valence-electron chi connectivity index (χ0n) is 38.2. The number of allylic oxidation sites excluding steroid dienone is 14. The fourth-order valence-electron chi connectivity index (χ4n) is 6.32. The molecule has 336 valence electrons. The molecule has 0 radical (unpaired) electrons. The van der Waals surface area contributed by atoms with Crippen molar-refractivity contribution in [1.29, 1.82) is 0 Å². The molecular formula is C53H88O6. The summed E-state index contributed by atoms with van der Waals surface area (Å²) >= 11 is 0. The maximum absolute atomic E-state index is 12.8. The molecule has 1 atom stereocenters. The van der Waals surface area contributed by atoms with Crippen LogP contribution in [0.15, 0.2) is 85.1 Å². The van der Waals surface area contributed by atoms with Crippen LogP contribution in [0, 0.1) is 0 Å². The average molecular weight is 821 g/mol. The molecule has 0 aliphatic rings. The fraction of sp³-hybridized carbons (Fsp3) is 0.679. The van der Waals surface area contributed by atoms with E-state index in [4.69, 9.17) is 14.2 Å². The molecule has 0 rings (SSSR count). The van der Waals surface area contributed by atoms with Gasteiger partial charge in [0.05, 0.1) is 0 Å². The Balaban J connectivity index is 4.48. The number of hydrogen-bond acceptors (Lipinski definition) is 6. The summed E-state index contributed by atoms with van der Waals surface area (Å²) in [5.74, 6) is -0.959. The second-order valence-electron chi connectivity index (χ2n) is 15.8. The van der Waals surface area contributed by atoms with Gasteiger partial charge in [-0.1, -0.05) is 196 Å². The Morgan fingerprint density at radius 2 is 0.695 bits per heavy atom. The summed E-state index contributed by atoms with van der Waals surface area (Å²) in [5.41, 5.74) is 0. The predicted molar refractivity (Wildman–Crippen MR) is 251 cm³/mol. The molecule has 6 heteroatoms. The summed E-state index contributed by atoms with van der Waals surface area (Å²) in [6.45, 7) is 6.38. The van der Waals surface area contributed by atoms with Gasteiger partial charge in [-0.05, 0) is 83.5 Å². The van der Waals surface area contributed by atoms with Gasteiger partial charge < -0.3 is 14.2 Å². The number of unbranched alkanes of at least 4 members (excludes halogenated alkanes) is 21. The topological polar surface area (TPSA) is 78.9 Å². The maximum atomic E-state index is 12.8. The van der Waals surface area contributed by atoms with Gasteiger partial charge >= 0.3 is 17.9 Å². The fourth-order valence-corrected chi connectivity index (χ4v) is 6.32. The van der Waals surface area contributed by atoms with Crippen LogP contribution in [0.3, 0.4) is 0 Å². The number of ether oxygens (including phenoxy) is 3. The highest BCUT2D eigenvalue weighted by Gasteiger charge is 2.19. The van der Waals surface area contributed by atoms with Crippen LogP contribution >= 0.6 is 0 Å². The van der Waals surface area contributed by atoms with Gasteiger partial charge in [0.2, 0.25) is 0 Å². The molecule has 0 aliphatic heterocycles. The number of rotatable bonds is 42. The van der Waals surface area contributed by atoms with E-state index in [9.17, 15) is 14.4 Å². The number of carbonyl (C=O) groups is 3. The van der Waals surface area contributed by atoms with Gasteiger partial charge in [-0.15, -0.1) is 0 Å². The van der Waals surface area contributed by atoms with Gasteiger partial charge in [-0.2, -0.15) is 0 Å². The van der Waals surface area contributed by atoms with Crippen LogP contribution in [0.5, 0.6) is 0 Å². The standard InChI is InChI=1S/C53H88O6/c1-4-7-10-13-16-19-22-24-26-28-31-34-37-40-43-46-52(55)58-49-50(48-57-51(54)45-42-39-36-33-30-21-18-15-12-9-6-3)59-53(56)47-44-41-38-35-32-29-27-25-23-20-17-14-11-8-5-2/h7,10,13,15-16,18-20,22-24,26,28,31,50H,4-6,8-9,11-12,14,17,21,25,27,29-30,32-49H2,1-3H3/b10-7-,16-13-,18-15-,22-19-,23-20-,26-24-,31-28-. The van der Waals surface area contributed by atoms with Crippen LogP contribution in [0.4, 0.5) is 0 Å². The first-order valence-electron chi connectivity index (χ1n) is 24.2. The number of hydrogen-bond donors (Lipinski definition) is 0. The van der Waals surface area contributed by atoms with Gasteiger partial charge in [-0.25, -0.2) is 0 Å². The van der Waals surface area contributed by atoms with E-state index in [0.29, 0.717) is 19.3 Å². The molecule has 0 N–H and O–H groups in total. The lowest BCUT2D eigenvalue weighted by atomic mass is 10.1. The lowest BCUT2D eigenvalue weighted by Crippen LogP contribution is -2.30. The molecule has 59 heavy (non-hydrogen) atoms. The SMILES string of the molecule is CC\C=C/C=C\C=C/C=C\C=C/CCCCCC(=O)OCC(COC(=O)CCCCCCC/C=C\CCCC)OC(=O)CCCCCCCCC/C=C\CCCCCC. The summed E-state index contributed by atoms with van der Waals surface area (Å²) in [6.07, 6.45) is 59.9. The normalized spacial score (nSPS) is 12.8. The molecule has 0 fully saturated rings. The minimum Gasteiger partial charge on any atom is -0.462 e. The van der Waals surface area contributed by atoms with E-state index in [1.54, 1.807) is 0 Å². The first-order chi connectivity index (χ1) is 29.0. The summed E-state index contributed by atoms with van der Waals surface area (Å²) in [7, 11) is 0. The minimum absolute atomic E-state index is 0.0974. The monoisotopic (exact) mass is 821 g/mol. The first-order valence-corrected chi connectivity index (χ1v) is 24.2. The van der Waals surface area contributed by atoms with Crippen molar-refractivity contribution >= 4 is 17.9 Å². The second kappa shape index (κ2) is 47.3. The quantitative estimate of drug-likeness (QED) is 0.0201.